The molecule has 150 valence electrons. The molecule has 3 N–H and O–H groups in total. The van der Waals surface area contributed by atoms with Gasteiger partial charge in [-0.1, -0.05) is 29.4 Å². The van der Waals surface area contributed by atoms with E-state index in [2.05, 4.69) is 21.0 Å². The Morgan fingerprint density at radius 1 is 1.00 bits per heavy atom. The number of aryl methyl sites for hydroxylation is 1. The van der Waals surface area contributed by atoms with Gasteiger partial charge in [0.25, 0.3) is 17.5 Å². The molecule has 0 aliphatic rings. The Labute approximate surface area is 169 Å². The molecule has 2 aromatic heterocycles. The molecule has 30 heavy (non-hydrogen) atoms. The van der Waals surface area contributed by atoms with Crippen molar-refractivity contribution in [3.63, 3.8) is 0 Å². The number of benzene rings is 2. The van der Waals surface area contributed by atoms with Gasteiger partial charge in [0.2, 0.25) is 0 Å². The number of fused-ring (bicyclic) bond motifs is 1. The highest BCUT2D eigenvalue weighted by molar-refractivity contribution is 6.08. The van der Waals surface area contributed by atoms with E-state index in [1.807, 2.05) is 0 Å². The van der Waals surface area contributed by atoms with E-state index in [1.54, 1.807) is 25.1 Å². The van der Waals surface area contributed by atoms with Gasteiger partial charge >= 0.3 is 0 Å². The molecule has 8 nitrogen and oxygen atoms in total. The number of para-hydroxylation sites is 1. The molecule has 4 rings (SSSR count). The third-order valence-electron chi connectivity index (χ3n) is 4.45. The number of aromatic nitrogens is 2. The normalized spacial score (nSPS) is 10.7. The van der Waals surface area contributed by atoms with E-state index in [1.165, 1.54) is 36.4 Å². The Morgan fingerprint density at radius 2 is 1.67 bits per heavy atom. The number of carbonyl (C=O) groups excluding carboxylic acids is 2. The van der Waals surface area contributed by atoms with E-state index in [-0.39, 0.29) is 33.8 Å². The van der Waals surface area contributed by atoms with Crippen LogP contribution in [0.5, 0.6) is 5.75 Å². The average Bonchev–Trinajstić information content (AvgIpc) is 3.12. The number of hydrogen-bond donors (Lipinski definition) is 3. The number of hydrogen-bond acceptors (Lipinski definition) is 6. The summed E-state index contributed by atoms with van der Waals surface area (Å²) in [6, 6.07) is 13.3. The van der Waals surface area contributed by atoms with E-state index < -0.39 is 17.6 Å². The molecular formula is C21H15FN4O4. The minimum Gasteiger partial charge on any atom is -0.507 e. The van der Waals surface area contributed by atoms with Crippen LogP contribution in [0.4, 0.5) is 4.39 Å². The van der Waals surface area contributed by atoms with Crippen molar-refractivity contribution in [2.24, 2.45) is 0 Å². The molecule has 0 saturated heterocycles. The number of nitrogens with zero attached hydrogens (tertiary/aromatic N) is 2. The first kappa shape index (κ1) is 19.1. The second-order valence-corrected chi connectivity index (χ2v) is 6.41. The highest BCUT2D eigenvalue weighted by Gasteiger charge is 2.21. The molecule has 2 heterocycles. The molecule has 0 fully saturated rings. The van der Waals surface area contributed by atoms with Crippen LogP contribution in [0.3, 0.4) is 0 Å². The van der Waals surface area contributed by atoms with Crippen LogP contribution in [-0.4, -0.2) is 27.1 Å². The lowest BCUT2D eigenvalue weighted by Gasteiger charge is -2.10. The van der Waals surface area contributed by atoms with Crippen LogP contribution in [0, 0.1) is 12.7 Å². The molecule has 4 aromatic rings. The van der Waals surface area contributed by atoms with Crippen LogP contribution in [0.25, 0.3) is 22.4 Å². The smallest absolute Gasteiger partial charge is 0.273 e. The SMILES string of the molecule is Cc1noc2nc(-c3ccccc3F)cc(C(=O)NNC(=O)c3ccccc3O)c12. The van der Waals surface area contributed by atoms with Crippen LogP contribution in [0.2, 0.25) is 0 Å². The first-order valence-electron chi connectivity index (χ1n) is 8.86. The van der Waals surface area contributed by atoms with Crippen LogP contribution in [0.1, 0.15) is 26.4 Å². The van der Waals surface area contributed by atoms with Gasteiger partial charge in [0.15, 0.2) is 0 Å². The Bertz CT molecular complexity index is 1290. The summed E-state index contributed by atoms with van der Waals surface area (Å²) in [6.07, 6.45) is 0. The van der Waals surface area contributed by atoms with Gasteiger partial charge in [0, 0.05) is 5.56 Å². The van der Waals surface area contributed by atoms with Crippen molar-refractivity contribution >= 4 is 22.9 Å². The predicted octanol–water partition coefficient (Wildman–Crippen LogP) is 3.12. The number of halogens is 1. The fourth-order valence-electron chi connectivity index (χ4n) is 2.99. The zero-order chi connectivity index (χ0) is 21.3. The zero-order valence-electron chi connectivity index (χ0n) is 15.6. The van der Waals surface area contributed by atoms with Crippen molar-refractivity contribution in [1.29, 1.82) is 0 Å². The van der Waals surface area contributed by atoms with Gasteiger partial charge in [0.1, 0.15) is 11.6 Å². The van der Waals surface area contributed by atoms with Crippen LogP contribution < -0.4 is 10.9 Å². The van der Waals surface area contributed by atoms with Gasteiger partial charge in [-0.15, -0.1) is 0 Å². The highest BCUT2D eigenvalue weighted by Crippen LogP contribution is 2.28. The average molecular weight is 406 g/mol. The third kappa shape index (κ3) is 3.44. The number of nitrogens with one attached hydrogen (secondary N) is 2. The van der Waals surface area contributed by atoms with E-state index in [0.717, 1.165) is 0 Å². The van der Waals surface area contributed by atoms with Crippen molar-refractivity contribution in [3.05, 3.63) is 77.2 Å². The van der Waals surface area contributed by atoms with E-state index in [4.69, 9.17) is 4.52 Å². The summed E-state index contributed by atoms with van der Waals surface area (Å²) in [5, 5.41) is 13.9. The number of aromatic hydroxyl groups is 1. The summed E-state index contributed by atoms with van der Waals surface area (Å²) in [4.78, 5) is 29.3. The Balaban J connectivity index is 1.68. The lowest BCUT2D eigenvalue weighted by molar-refractivity contribution is 0.0846. The van der Waals surface area contributed by atoms with E-state index in [9.17, 15) is 19.1 Å². The van der Waals surface area contributed by atoms with Crippen molar-refractivity contribution in [1.82, 2.24) is 21.0 Å². The summed E-state index contributed by atoms with van der Waals surface area (Å²) in [5.41, 5.74) is 5.44. The summed E-state index contributed by atoms with van der Waals surface area (Å²) >= 11 is 0. The lowest BCUT2D eigenvalue weighted by Crippen LogP contribution is -2.41. The molecule has 0 atom stereocenters. The number of pyridine rings is 1. The molecule has 0 spiro atoms. The summed E-state index contributed by atoms with van der Waals surface area (Å²) in [7, 11) is 0. The molecule has 0 aliphatic carbocycles. The Kier molecular flexibility index (Phi) is 4.85. The lowest BCUT2D eigenvalue weighted by atomic mass is 10.0. The second-order valence-electron chi connectivity index (χ2n) is 6.41. The fourth-order valence-corrected chi connectivity index (χ4v) is 2.99. The minimum atomic E-state index is -0.705. The van der Waals surface area contributed by atoms with E-state index >= 15 is 0 Å². The van der Waals surface area contributed by atoms with Gasteiger partial charge in [0.05, 0.1) is 27.9 Å². The van der Waals surface area contributed by atoms with Gasteiger partial charge in [-0.2, -0.15) is 0 Å². The Hall–Kier alpha value is -4.27. The minimum absolute atomic E-state index is 0.00845. The number of rotatable bonds is 3. The maximum absolute atomic E-state index is 14.2. The van der Waals surface area contributed by atoms with E-state index in [0.29, 0.717) is 11.1 Å². The van der Waals surface area contributed by atoms with Crippen molar-refractivity contribution in [3.8, 4) is 17.0 Å². The third-order valence-corrected chi connectivity index (χ3v) is 4.45. The molecule has 0 aliphatic heterocycles. The maximum Gasteiger partial charge on any atom is 0.273 e. The van der Waals surface area contributed by atoms with Crippen LogP contribution in [-0.2, 0) is 0 Å². The molecule has 0 unspecified atom stereocenters. The summed E-state index contributed by atoms with van der Waals surface area (Å²) < 4.78 is 19.4. The maximum atomic E-state index is 14.2. The molecule has 2 aromatic carbocycles. The number of phenolic OH excluding ortho intramolecular Hbond substituents is 1. The highest BCUT2D eigenvalue weighted by atomic mass is 19.1. The topological polar surface area (TPSA) is 117 Å². The van der Waals surface area contributed by atoms with Crippen LogP contribution >= 0.6 is 0 Å². The standard InChI is InChI=1S/C21H15FN4O4/c1-11-18-14(20(29)25-24-19(28)13-7-3-5-9-17(13)27)10-16(23-21(18)30-26-11)12-6-2-4-8-15(12)22/h2-10,27H,1H3,(H,24,28)(H,25,29). The number of hydrazine groups is 1. The van der Waals surface area contributed by atoms with Gasteiger partial charge in [-0.05, 0) is 37.3 Å². The number of carbonyl (C=O) groups is 2. The molecule has 0 radical (unpaired) electrons. The monoisotopic (exact) mass is 406 g/mol. The predicted molar refractivity (Wildman–Crippen MR) is 105 cm³/mol. The van der Waals surface area contributed by atoms with Gasteiger partial charge in [-0.3, -0.25) is 20.4 Å². The second kappa shape index (κ2) is 7.63. The first-order valence-corrected chi connectivity index (χ1v) is 8.86. The van der Waals surface area contributed by atoms with Crippen molar-refractivity contribution < 1.29 is 23.6 Å². The number of phenols is 1. The largest absolute Gasteiger partial charge is 0.507 e. The van der Waals surface area contributed by atoms with Crippen LogP contribution in [0.15, 0.2) is 59.1 Å². The summed E-state index contributed by atoms with van der Waals surface area (Å²) in [5.74, 6) is -2.13. The van der Waals surface area contributed by atoms with Crippen molar-refractivity contribution in [2.75, 3.05) is 0 Å². The number of amides is 2. The zero-order valence-corrected chi connectivity index (χ0v) is 15.6. The first-order chi connectivity index (χ1) is 14.5. The molecule has 2 amide bonds. The molecule has 0 saturated carbocycles. The fraction of sp³-hybridized carbons (Fsp3) is 0.0476. The van der Waals surface area contributed by atoms with Gasteiger partial charge < -0.3 is 9.63 Å². The molecular weight excluding hydrogens is 391 g/mol. The quantitative estimate of drug-likeness (QED) is 0.450. The Morgan fingerprint density at radius 3 is 2.40 bits per heavy atom. The van der Waals surface area contributed by atoms with Crippen molar-refractivity contribution in [2.45, 2.75) is 6.92 Å². The summed E-state index contributed by atoms with van der Waals surface area (Å²) in [6.45, 7) is 1.63. The molecule has 9 heteroatoms. The van der Waals surface area contributed by atoms with Gasteiger partial charge in [-0.25, -0.2) is 9.37 Å². The molecule has 0 bridgehead atoms.